The number of pyridine rings is 1. The first-order valence-electron chi connectivity index (χ1n) is 9.38. The van der Waals surface area contributed by atoms with Gasteiger partial charge < -0.3 is 15.6 Å². The summed E-state index contributed by atoms with van der Waals surface area (Å²) < 4.78 is 0. The predicted octanol–water partition coefficient (Wildman–Crippen LogP) is 5.03. The van der Waals surface area contributed by atoms with Crippen molar-refractivity contribution in [2.75, 3.05) is 20.1 Å². The molecule has 3 N–H and O–H groups in total. The van der Waals surface area contributed by atoms with Crippen molar-refractivity contribution in [3.8, 4) is 11.3 Å². The van der Waals surface area contributed by atoms with E-state index in [1.54, 1.807) is 12.1 Å². The second-order valence-corrected chi connectivity index (χ2v) is 7.61. The lowest BCUT2D eigenvalue weighted by molar-refractivity contribution is 0.0948. The quantitative estimate of drug-likeness (QED) is 0.378. The lowest BCUT2D eigenvalue weighted by atomic mass is 10.1. The minimum absolute atomic E-state index is 0.199. The fourth-order valence-electron chi connectivity index (χ4n) is 3.37. The normalized spacial score (nSPS) is 11.3. The first-order chi connectivity index (χ1) is 14.1. The number of nitrogens with one attached hydrogen (secondary N) is 3. The van der Waals surface area contributed by atoms with E-state index in [1.165, 1.54) is 0 Å². The van der Waals surface area contributed by atoms with Crippen LogP contribution in [-0.4, -0.2) is 36.0 Å². The molecule has 2 aromatic heterocycles. The van der Waals surface area contributed by atoms with Crippen molar-refractivity contribution in [1.29, 1.82) is 0 Å². The van der Waals surface area contributed by atoms with Gasteiger partial charge >= 0.3 is 0 Å². The SMILES string of the molecule is CNCCCNC(=O)c1cc2c([nH]c3ccccc32)c(-c2ccc(Cl)c(Cl)c2)n1. The van der Waals surface area contributed by atoms with E-state index in [0.29, 0.717) is 28.0 Å². The lowest BCUT2D eigenvalue weighted by Crippen LogP contribution is -2.27. The van der Waals surface area contributed by atoms with Crippen molar-refractivity contribution in [3.05, 3.63) is 64.3 Å². The summed E-state index contributed by atoms with van der Waals surface area (Å²) in [7, 11) is 1.89. The number of aromatic amines is 1. The number of hydrogen-bond donors (Lipinski definition) is 3. The maximum absolute atomic E-state index is 12.8. The van der Waals surface area contributed by atoms with E-state index in [0.717, 1.165) is 40.3 Å². The summed E-state index contributed by atoms with van der Waals surface area (Å²) in [6.45, 7) is 1.42. The molecule has 1 amide bonds. The predicted molar refractivity (Wildman–Crippen MR) is 120 cm³/mol. The average Bonchev–Trinajstić information content (AvgIpc) is 3.11. The van der Waals surface area contributed by atoms with Crippen LogP contribution in [0.3, 0.4) is 0 Å². The summed E-state index contributed by atoms with van der Waals surface area (Å²) >= 11 is 12.3. The Morgan fingerprint density at radius 3 is 2.66 bits per heavy atom. The van der Waals surface area contributed by atoms with Gasteiger partial charge in [0.05, 0.1) is 21.3 Å². The highest BCUT2D eigenvalue weighted by molar-refractivity contribution is 6.42. The smallest absolute Gasteiger partial charge is 0.269 e. The van der Waals surface area contributed by atoms with Gasteiger partial charge in [-0.2, -0.15) is 0 Å². The summed E-state index contributed by atoms with van der Waals surface area (Å²) in [6.07, 6.45) is 0.844. The van der Waals surface area contributed by atoms with Crippen molar-refractivity contribution < 1.29 is 4.79 Å². The maximum atomic E-state index is 12.8. The van der Waals surface area contributed by atoms with Crippen LogP contribution in [0.15, 0.2) is 48.5 Å². The molecule has 2 aromatic carbocycles. The number of halogens is 2. The Hall–Kier alpha value is -2.60. The van der Waals surface area contributed by atoms with Crippen molar-refractivity contribution in [3.63, 3.8) is 0 Å². The van der Waals surface area contributed by atoms with Crippen LogP contribution in [0.1, 0.15) is 16.9 Å². The van der Waals surface area contributed by atoms with Gasteiger partial charge in [0.25, 0.3) is 5.91 Å². The van der Waals surface area contributed by atoms with Crippen LogP contribution < -0.4 is 10.6 Å². The van der Waals surface area contributed by atoms with E-state index in [-0.39, 0.29) is 5.91 Å². The Morgan fingerprint density at radius 2 is 1.86 bits per heavy atom. The molecule has 0 bridgehead atoms. The Kier molecular flexibility index (Phi) is 5.72. The maximum Gasteiger partial charge on any atom is 0.269 e. The molecule has 0 radical (unpaired) electrons. The third-order valence-corrected chi connectivity index (χ3v) is 5.55. The van der Waals surface area contributed by atoms with Gasteiger partial charge in [-0.25, -0.2) is 4.98 Å². The van der Waals surface area contributed by atoms with Gasteiger partial charge in [-0.3, -0.25) is 4.79 Å². The van der Waals surface area contributed by atoms with Crippen molar-refractivity contribution >= 4 is 50.9 Å². The molecule has 0 aliphatic carbocycles. The van der Waals surface area contributed by atoms with Crippen molar-refractivity contribution in [1.82, 2.24) is 20.6 Å². The molecule has 148 valence electrons. The van der Waals surface area contributed by atoms with Crippen LogP contribution in [0.5, 0.6) is 0 Å². The first kappa shape index (κ1) is 19.7. The van der Waals surface area contributed by atoms with Gasteiger partial charge in [-0.05, 0) is 44.3 Å². The zero-order valence-electron chi connectivity index (χ0n) is 15.9. The minimum atomic E-state index is -0.199. The molecule has 0 saturated heterocycles. The molecular formula is C22H20Cl2N4O. The highest BCUT2D eigenvalue weighted by Gasteiger charge is 2.17. The number of carbonyl (C=O) groups is 1. The second-order valence-electron chi connectivity index (χ2n) is 6.79. The molecule has 5 nitrogen and oxygen atoms in total. The third-order valence-electron chi connectivity index (χ3n) is 4.81. The zero-order valence-corrected chi connectivity index (χ0v) is 17.4. The number of para-hydroxylation sites is 1. The lowest BCUT2D eigenvalue weighted by Gasteiger charge is -2.09. The van der Waals surface area contributed by atoms with Crippen LogP contribution in [0.25, 0.3) is 33.1 Å². The number of amides is 1. The molecule has 4 rings (SSSR count). The van der Waals surface area contributed by atoms with E-state index in [1.807, 2.05) is 43.4 Å². The van der Waals surface area contributed by atoms with Gasteiger partial charge in [0.15, 0.2) is 0 Å². The monoisotopic (exact) mass is 426 g/mol. The fourth-order valence-corrected chi connectivity index (χ4v) is 3.67. The molecule has 4 aromatic rings. The number of nitrogens with zero attached hydrogens (tertiary/aromatic N) is 1. The number of benzene rings is 2. The summed E-state index contributed by atoms with van der Waals surface area (Å²) in [5.41, 5.74) is 3.67. The molecule has 7 heteroatoms. The molecule has 0 unspecified atom stereocenters. The van der Waals surface area contributed by atoms with E-state index >= 15 is 0 Å². The second kappa shape index (κ2) is 8.41. The molecule has 0 atom stereocenters. The average molecular weight is 427 g/mol. The van der Waals surface area contributed by atoms with Crippen molar-refractivity contribution in [2.45, 2.75) is 6.42 Å². The topological polar surface area (TPSA) is 69.8 Å². The zero-order chi connectivity index (χ0) is 20.4. The first-order valence-corrected chi connectivity index (χ1v) is 10.1. The highest BCUT2D eigenvalue weighted by atomic mass is 35.5. The minimum Gasteiger partial charge on any atom is -0.353 e. The number of aromatic nitrogens is 2. The van der Waals surface area contributed by atoms with E-state index in [9.17, 15) is 4.79 Å². The number of H-pyrrole nitrogens is 1. The molecular weight excluding hydrogens is 407 g/mol. The molecule has 0 aliphatic heterocycles. The number of carbonyl (C=O) groups excluding carboxylic acids is 1. The van der Waals surface area contributed by atoms with Gasteiger partial charge in [0.1, 0.15) is 5.69 Å². The number of rotatable bonds is 6. The van der Waals surface area contributed by atoms with Gasteiger partial charge in [0, 0.05) is 28.4 Å². The fraction of sp³-hybridized carbons (Fsp3) is 0.182. The van der Waals surface area contributed by atoms with E-state index < -0.39 is 0 Å². The largest absolute Gasteiger partial charge is 0.353 e. The molecule has 29 heavy (non-hydrogen) atoms. The molecule has 0 aliphatic rings. The van der Waals surface area contributed by atoms with Crippen LogP contribution in [0.2, 0.25) is 10.0 Å². The summed E-state index contributed by atoms with van der Waals surface area (Å²) in [4.78, 5) is 20.9. The third kappa shape index (κ3) is 3.94. The number of hydrogen-bond acceptors (Lipinski definition) is 3. The molecule has 0 spiro atoms. The van der Waals surface area contributed by atoms with Gasteiger partial charge in [0.2, 0.25) is 0 Å². The van der Waals surface area contributed by atoms with Gasteiger partial charge in [-0.15, -0.1) is 0 Å². The van der Waals surface area contributed by atoms with Crippen molar-refractivity contribution in [2.24, 2.45) is 0 Å². The Balaban J connectivity index is 1.85. The van der Waals surface area contributed by atoms with Crippen LogP contribution in [-0.2, 0) is 0 Å². The Bertz CT molecular complexity index is 1200. The summed E-state index contributed by atoms with van der Waals surface area (Å²) in [5.74, 6) is -0.199. The van der Waals surface area contributed by atoms with Crippen LogP contribution in [0, 0.1) is 0 Å². The summed E-state index contributed by atoms with van der Waals surface area (Å²) in [6, 6.07) is 15.2. The number of fused-ring (bicyclic) bond motifs is 3. The molecule has 0 saturated carbocycles. The Morgan fingerprint density at radius 1 is 1.03 bits per heavy atom. The standard InChI is InChI=1S/C22H20Cl2N4O/c1-25-9-4-10-26-22(29)19-12-15-14-5-2-3-6-18(14)27-21(15)20(28-19)13-7-8-16(23)17(24)11-13/h2-3,5-8,11-12,25,27H,4,9-10H2,1H3,(H,26,29). The van der Waals surface area contributed by atoms with Crippen LogP contribution in [0.4, 0.5) is 0 Å². The van der Waals surface area contributed by atoms with Crippen LogP contribution >= 0.6 is 23.2 Å². The Labute approximate surface area is 178 Å². The van der Waals surface area contributed by atoms with Gasteiger partial charge in [-0.1, -0.05) is 47.5 Å². The highest BCUT2D eigenvalue weighted by Crippen LogP contribution is 2.35. The van der Waals surface area contributed by atoms with E-state index in [4.69, 9.17) is 23.2 Å². The molecule has 0 fully saturated rings. The summed E-state index contributed by atoms with van der Waals surface area (Å²) in [5, 5.41) is 8.90. The van der Waals surface area contributed by atoms with E-state index in [2.05, 4.69) is 20.6 Å². The molecule has 2 heterocycles.